The van der Waals surface area contributed by atoms with Crippen molar-refractivity contribution in [3.05, 3.63) is 65.2 Å². The Bertz CT molecular complexity index is 799. The van der Waals surface area contributed by atoms with Crippen molar-refractivity contribution in [2.45, 2.75) is 19.8 Å². The highest BCUT2D eigenvalue weighted by atomic mass is 16.5. The minimum Gasteiger partial charge on any atom is -0.508 e. The molecule has 0 saturated heterocycles. The summed E-state index contributed by atoms with van der Waals surface area (Å²) in [5.74, 6) is -0.108. The number of nitrogens with zero attached hydrogens (tertiary/aromatic N) is 1. The van der Waals surface area contributed by atoms with Gasteiger partial charge in [0.05, 0.1) is 19.1 Å². The molecule has 5 heteroatoms. The van der Waals surface area contributed by atoms with Crippen LogP contribution >= 0.6 is 0 Å². The van der Waals surface area contributed by atoms with Gasteiger partial charge in [0.25, 0.3) is 0 Å². The summed E-state index contributed by atoms with van der Waals surface area (Å²) in [7, 11) is 0. The Morgan fingerprint density at radius 3 is 2.08 bits per heavy atom. The SMILES string of the molecule is CCOc1ccc(C(=C(C#N)CCC(=O)O)c2ccc(O)cc2)cc1. The summed E-state index contributed by atoms with van der Waals surface area (Å²) in [6, 6.07) is 15.9. The van der Waals surface area contributed by atoms with Gasteiger partial charge in [0.2, 0.25) is 0 Å². The molecule has 0 bridgehead atoms. The molecule has 2 rings (SSSR count). The molecule has 25 heavy (non-hydrogen) atoms. The van der Waals surface area contributed by atoms with Gasteiger partial charge < -0.3 is 14.9 Å². The van der Waals surface area contributed by atoms with E-state index in [4.69, 9.17) is 9.84 Å². The van der Waals surface area contributed by atoms with E-state index in [1.54, 1.807) is 12.1 Å². The third-order valence-electron chi connectivity index (χ3n) is 3.64. The Balaban J connectivity index is 2.52. The number of carbonyl (C=O) groups is 1. The van der Waals surface area contributed by atoms with Crippen molar-refractivity contribution in [1.82, 2.24) is 0 Å². The van der Waals surface area contributed by atoms with E-state index < -0.39 is 5.97 Å². The number of carboxylic acid groups (broad SMARTS) is 1. The van der Waals surface area contributed by atoms with Crippen LogP contribution in [0.1, 0.15) is 30.9 Å². The van der Waals surface area contributed by atoms with E-state index >= 15 is 0 Å². The molecule has 0 aliphatic heterocycles. The normalized spacial score (nSPS) is 11.4. The summed E-state index contributed by atoms with van der Waals surface area (Å²) in [6.45, 7) is 2.46. The number of hydrogen-bond donors (Lipinski definition) is 2. The lowest BCUT2D eigenvalue weighted by molar-refractivity contribution is -0.136. The predicted molar refractivity (Wildman–Crippen MR) is 94.2 cm³/mol. The smallest absolute Gasteiger partial charge is 0.303 e. The van der Waals surface area contributed by atoms with E-state index in [0.717, 1.165) is 16.9 Å². The summed E-state index contributed by atoms with van der Waals surface area (Å²) in [4.78, 5) is 10.9. The fourth-order valence-electron chi connectivity index (χ4n) is 2.50. The van der Waals surface area contributed by atoms with E-state index in [9.17, 15) is 15.2 Å². The predicted octanol–water partition coefficient (Wildman–Crippen LogP) is 3.98. The molecule has 0 aliphatic rings. The highest BCUT2D eigenvalue weighted by molar-refractivity contribution is 5.85. The number of aromatic hydroxyl groups is 1. The quantitative estimate of drug-likeness (QED) is 0.746. The first-order valence-electron chi connectivity index (χ1n) is 7.92. The van der Waals surface area contributed by atoms with Crippen LogP contribution in [0.4, 0.5) is 0 Å². The first-order chi connectivity index (χ1) is 12.0. The fraction of sp³-hybridized carbons (Fsp3) is 0.200. The van der Waals surface area contributed by atoms with Gasteiger partial charge in [-0.1, -0.05) is 24.3 Å². The molecule has 2 aromatic carbocycles. The Labute approximate surface area is 146 Å². The topological polar surface area (TPSA) is 90.5 Å². The maximum Gasteiger partial charge on any atom is 0.303 e. The van der Waals surface area contributed by atoms with Crippen molar-refractivity contribution in [2.24, 2.45) is 0 Å². The van der Waals surface area contributed by atoms with E-state index in [1.165, 1.54) is 12.1 Å². The van der Waals surface area contributed by atoms with Gasteiger partial charge in [0.1, 0.15) is 11.5 Å². The van der Waals surface area contributed by atoms with Crippen molar-refractivity contribution in [3.63, 3.8) is 0 Å². The highest BCUT2D eigenvalue weighted by Gasteiger charge is 2.14. The molecule has 0 aromatic heterocycles. The first kappa shape index (κ1) is 18.1. The summed E-state index contributed by atoms with van der Waals surface area (Å²) >= 11 is 0. The maximum atomic E-state index is 10.9. The molecule has 0 atom stereocenters. The molecule has 0 aliphatic carbocycles. The number of nitriles is 1. The van der Waals surface area contributed by atoms with Crippen molar-refractivity contribution >= 4 is 11.5 Å². The van der Waals surface area contributed by atoms with Gasteiger partial charge in [-0.25, -0.2) is 0 Å². The van der Waals surface area contributed by atoms with Crippen LogP contribution < -0.4 is 4.74 Å². The largest absolute Gasteiger partial charge is 0.508 e. The van der Waals surface area contributed by atoms with Crippen molar-refractivity contribution in [3.8, 4) is 17.6 Å². The number of carboxylic acids is 1. The lowest BCUT2D eigenvalue weighted by atomic mass is 9.91. The summed E-state index contributed by atoms with van der Waals surface area (Å²) in [5, 5.41) is 28.0. The highest BCUT2D eigenvalue weighted by Crippen LogP contribution is 2.31. The second-order valence-electron chi connectivity index (χ2n) is 5.36. The fourth-order valence-corrected chi connectivity index (χ4v) is 2.50. The van der Waals surface area contributed by atoms with Gasteiger partial charge >= 0.3 is 5.97 Å². The third-order valence-corrected chi connectivity index (χ3v) is 3.64. The van der Waals surface area contributed by atoms with E-state index in [2.05, 4.69) is 6.07 Å². The Kier molecular flexibility index (Phi) is 6.19. The molecular weight excluding hydrogens is 318 g/mol. The molecule has 2 N–H and O–H groups in total. The zero-order valence-corrected chi connectivity index (χ0v) is 13.9. The molecule has 0 heterocycles. The molecule has 2 aromatic rings. The number of aliphatic carboxylic acids is 1. The number of benzene rings is 2. The number of ether oxygens (including phenoxy) is 1. The van der Waals surface area contributed by atoms with Crippen LogP contribution in [0.15, 0.2) is 54.1 Å². The van der Waals surface area contributed by atoms with E-state index in [0.29, 0.717) is 17.8 Å². The molecule has 0 amide bonds. The zero-order valence-electron chi connectivity index (χ0n) is 13.9. The average molecular weight is 337 g/mol. The molecule has 0 saturated carbocycles. The van der Waals surface area contributed by atoms with Crippen LogP contribution in [0.3, 0.4) is 0 Å². The van der Waals surface area contributed by atoms with Crippen molar-refractivity contribution in [2.75, 3.05) is 6.61 Å². The van der Waals surface area contributed by atoms with Gasteiger partial charge in [-0.2, -0.15) is 5.26 Å². The van der Waals surface area contributed by atoms with Gasteiger partial charge in [0.15, 0.2) is 0 Å². The van der Waals surface area contributed by atoms with Crippen molar-refractivity contribution < 1.29 is 19.7 Å². The Hall–Kier alpha value is -3.26. The summed E-state index contributed by atoms with van der Waals surface area (Å²) < 4.78 is 5.44. The van der Waals surface area contributed by atoms with Gasteiger partial charge in [-0.3, -0.25) is 4.79 Å². The van der Waals surface area contributed by atoms with E-state index in [-0.39, 0.29) is 18.6 Å². The molecule has 0 fully saturated rings. The number of allylic oxidation sites excluding steroid dienone is 1. The standard InChI is InChI=1S/C20H19NO4/c1-2-25-18-10-5-15(6-11-18)20(14-3-8-17(22)9-4-14)16(13-21)7-12-19(23)24/h3-6,8-11,22H,2,7,12H2,1H3,(H,23,24). The molecular formula is C20H19NO4. The summed E-state index contributed by atoms with van der Waals surface area (Å²) in [6.07, 6.45) is 0.0107. The van der Waals surface area contributed by atoms with Gasteiger partial charge in [-0.15, -0.1) is 0 Å². The lowest BCUT2D eigenvalue weighted by Crippen LogP contribution is -1.99. The van der Waals surface area contributed by atoms with Crippen LogP contribution in [0, 0.1) is 11.3 Å². The van der Waals surface area contributed by atoms with Crippen LogP contribution in [-0.2, 0) is 4.79 Å². The molecule has 0 spiro atoms. The van der Waals surface area contributed by atoms with Crippen LogP contribution in [-0.4, -0.2) is 22.8 Å². The van der Waals surface area contributed by atoms with Gasteiger partial charge in [-0.05, 0) is 48.7 Å². The van der Waals surface area contributed by atoms with Crippen LogP contribution in [0.5, 0.6) is 11.5 Å². The Morgan fingerprint density at radius 1 is 1.04 bits per heavy atom. The third kappa shape index (κ3) is 4.85. The van der Waals surface area contributed by atoms with Crippen LogP contribution in [0.25, 0.3) is 5.57 Å². The number of phenols is 1. The molecule has 128 valence electrons. The first-order valence-corrected chi connectivity index (χ1v) is 7.92. The summed E-state index contributed by atoms with van der Waals surface area (Å²) in [5.41, 5.74) is 2.57. The van der Waals surface area contributed by atoms with Crippen molar-refractivity contribution in [1.29, 1.82) is 5.26 Å². The Morgan fingerprint density at radius 2 is 1.60 bits per heavy atom. The molecule has 0 radical (unpaired) electrons. The lowest BCUT2D eigenvalue weighted by Gasteiger charge is -2.13. The number of rotatable bonds is 7. The zero-order chi connectivity index (χ0) is 18.2. The monoisotopic (exact) mass is 337 g/mol. The average Bonchev–Trinajstić information content (AvgIpc) is 2.61. The molecule has 5 nitrogen and oxygen atoms in total. The number of hydrogen-bond acceptors (Lipinski definition) is 4. The van der Waals surface area contributed by atoms with E-state index in [1.807, 2.05) is 31.2 Å². The maximum absolute atomic E-state index is 10.9. The van der Waals surface area contributed by atoms with Crippen LogP contribution in [0.2, 0.25) is 0 Å². The van der Waals surface area contributed by atoms with Gasteiger partial charge in [0, 0.05) is 11.1 Å². The second kappa shape index (κ2) is 8.55. The molecule has 0 unspecified atom stereocenters. The number of phenolic OH excluding ortho intramolecular Hbond substituents is 1. The second-order valence-corrected chi connectivity index (χ2v) is 5.36. The minimum atomic E-state index is -0.954. The minimum absolute atomic E-state index is 0.124.